The van der Waals surface area contributed by atoms with E-state index in [2.05, 4.69) is 15.3 Å². The molecule has 0 aliphatic heterocycles. The van der Waals surface area contributed by atoms with Gasteiger partial charge in [-0.1, -0.05) is 25.6 Å². The fraction of sp³-hybridized carbons (Fsp3) is 0.286. The zero-order chi connectivity index (χ0) is 14.7. The van der Waals surface area contributed by atoms with E-state index in [9.17, 15) is 8.78 Å². The molecule has 0 saturated heterocycles. The molecule has 106 valence electrons. The predicted octanol–water partition coefficient (Wildman–Crippen LogP) is 4.07. The zero-order valence-electron chi connectivity index (χ0n) is 11.4. The lowest BCUT2D eigenvalue weighted by molar-refractivity contribution is 0.577. The molecule has 0 atom stereocenters. The number of aromatic nitrogens is 2. The Morgan fingerprint density at radius 3 is 2.60 bits per heavy atom. The minimum absolute atomic E-state index is 0.165. The molecule has 20 heavy (non-hydrogen) atoms. The molecule has 1 heterocycles. The first-order valence-corrected chi connectivity index (χ1v) is 7.00. The molecule has 0 fully saturated rings. The summed E-state index contributed by atoms with van der Waals surface area (Å²) < 4.78 is 27.0. The molecule has 6 heteroatoms. The van der Waals surface area contributed by atoms with E-state index in [1.807, 2.05) is 13.8 Å². The molecule has 0 aliphatic carbocycles. The van der Waals surface area contributed by atoms with E-state index in [4.69, 9.17) is 0 Å². The quantitative estimate of drug-likeness (QED) is 0.863. The average molecular weight is 295 g/mol. The Morgan fingerprint density at radius 1 is 1.20 bits per heavy atom. The SMILES string of the molecule is CNc1ncnc(Sc2cc(F)ccc2F)c1C(C)C. The monoisotopic (exact) mass is 295 g/mol. The van der Waals surface area contributed by atoms with Crippen LogP contribution in [0.25, 0.3) is 0 Å². The maximum absolute atomic E-state index is 13.7. The van der Waals surface area contributed by atoms with Crippen molar-refractivity contribution in [2.45, 2.75) is 29.7 Å². The van der Waals surface area contributed by atoms with Crippen molar-refractivity contribution >= 4 is 17.6 Å². The van der Waals surface area contributed by atoms with Crippen molar-refractivity contribution in [3.05, 3.63) is 41.7 Å². The highest BCUT2D eigenvalue weighted by Crippen LogP contribution is 2.36. The number of anilines is 1. The fourth-order valence-electron chi connectivity index (χ4n) is 1.84. The zero-order valence-corrected chi connectivity index (χ0v) is 12.3. The van der Waals surface area contributed by atoms with Crippen LogP contribution in [-0.2, 0) is 0 Å². The first-order chi connectivity index (χ1) is 9.52. The lowest BCUT2D eigenvalue weighted by Gasteiger charge is -2.15. The first kappa shape index (κ1) is 14.7. The molecule has 0 bridgehead atoms. The molecule has 1 N–H and O–H groups in total. The number of hydrogen-bond acceptors (Lipinski definition) is 4. The van der Waals surface area contributed by atoms with Gasteiger partial charge in [0.25, 0.3) is 0 Å². The molecule has 0 aliphatic rings. The number of halogens is 2. The fourth-order valence-corrected chi connectivity index (χ4v) is 2.93. The minimum atomic E-state index is -0.470. The average Bonchev–Trinajstić information content (AvgIpc) is 2.42. The van der Waals surface area contributed by atoms with Gasteiger partial charge in [0.2, 0.25) is 0 Å². The van der Waals surface area contributed by atoms with E-state index < -0.39 is 11.6 Å². The summed E-state index contributed by atoms with van der Waals surface area (Å²) in [6, 6.07) is 3.39. The van der Waals surface area contributed by atoms with Crippen molar-refractivity contribution in [2.75, 3.05) is 12.4 Å². The van der Waals surface area contributed by atoms with Crippen molar-refractivity contribution in [3.63, 3.8) is 0 Å². The largest absolute Gasteiger partial charge is 0.373 e. The molecule has 0 amide bonds. The Hall–Kier alpha value is -1.69. The van der Waals surface area contributed by atoms with Crippen LogP contribution in [0.5, 0.6) is 0 Å². The number of hydrogen-bond donors (Lipinski definition) is 1. The molecular formula is C14H15F2N3S. The number of benzene rings is 1. The van der Waals surface area contributed by atoms with Gasteiger partial charge in [-0.2, -0.15) is 0 Å². The molecular weight excluding hydrogens is 280 g/mol. The van der Waals surface area contributed by atoms with E-state index in [1.54, 1.807) is 7.05 Å². The lowest BCUT2D eigenvalue weighted by atomic mass is 10.1. The van der Waals surface area contributed by atoms with E-state index >= 15 is 0 Å². The van der Waals surface area contributed by atoms with Crippen LogP contribution in [-0.4, -0.2) is 17.0 Å². The third kappa shape index (κ3) is 3.07. The molecule has 2 aromatic rings. The van der Waals surface area contributed by atoms with Gasteiger partial charge in [0.05, 0.1) is 4.90 Å². The Balaban J connectivity index is 2.45. The van der Waals surface area contributed by atoms with E-state index in [1.165, 1.54) is 12.4 Å². The molecule has 0 unspecified atom stereocenters. The van der Waals surface area contributed by atoms with Crippen LogP contribution in [0, 0.1) is 11.6 Å². The van der Waals surface area contributed by atoms with E-state index in [0.29, 0.717) is 10.8 Å². The summed E-state index contributed by atoms with van der Waals surface area (Å²) in [7, 11) is 1.77. The lowest BCUT2D eigenvalue weighted by Crippen LogP contribution is -2.04. The molecule has 1 aromatic carbocycles. The second-order valence-corrected chi connectivity index (χ2v) is 5.55. The van der Waals surface area contributed by atoms with Gasteiger partial charge in [0.15, 0.2) is 0 Å². The van der Waals surface area contributed by atoms with Gasteiger partial charge in [0.1, 0.15) is 28.8 Å². The van der Waals surface area contributed by atoms with Crippen molar-refractivity contribution < 1.29 is 8.78 Å². The molecule has 0 spiro atoms. The van der Waals surface area contributed by atoms with Gasteiger partial charge in [-0.3, -0.25) is 0 Å². The number of nitrogens with zero attached hydrogens (tertiary/aromatic N) is 2. The maximum atomic E-state index is 13.7. The van der Waals surface area contributed by atoms with Crippen LogP contribution >= 0.6 is 11.8 Å². The van der Waals surface area contributed by atoms with Gasteiger partial charge >= 0.3 is 0 Å². The van der Waals surface area contributed by atoms with Crippen LogP contribution in [0.1, 0.15) is 25.3 Å². The van der Waals surface area contributed by atoms with Gasteiger partial charge in [-0.25, -0.2) is 18.7 Å². The van der Waals surface area contributed by atoms with Crippen LogP contribution in [0.4, 0.5) is 14.6 Å². The van der Waals surface area contributed by atoms with Gasteiger partial charge in [-0.05, 0) is 24.1 Å². The predicted molar refractivity (Wildman–Crippen MR) is 76.1 cm³/mol. The van der Waals surface area contributed by atoms with E-state index in [0.717, 1.165) is 29.5 Å². The van der Waals surface area contributed by atoms with Crippen LogP contribution < -0.4 is 5.32 Å². The Labute approximate surface area is 120 Å². The van der Waals surface area contributed by atoms with Crippen molar-refractivity contribution in [3.8, 4) is 0 Å². The highest BCUT2D eigenvalue weighted by atomic mass is 32.2. The summed E-state index contributed by atoms with van der Waals surface area (Å²) in [6.07, 6.45) is 1.41. The summed E-state index contributed by atoms with van der Waals surface area (Å²) in [5.74, 6) is -0.0642. The molecule has 0 saturated carbocycles. The summed E-state index contributed by atoms with van der Waals surface area (Å²) >= 11 is 1.11. The molecule has 0 radical (unpaired) electrons. The van der Waals surface area contributed by atoms with Crippen molar-refractivity contribution in [2.24, 2.45) is 0 Å². The molecule has 3 nitrogen and oxygen atoms in total. The first-order valence-electron chi connectivity index (χ1n) is 6.18. The standard InChI is InChI=1S/C14H15F2N3S/c1-8(2)12-13(17-3)18-7-19-14(12)20-11-6-9(15)4-5-10(11)16/h4-8H,1-3H3,(H,17,18,19). The normalized spacial score (nSPS) is 10.9. The van der Waals surface area contributed by atoms with Gasteiger partial charge < -0.3 is 5.32 Å². The summed E-state index contributed by atoms with van der Waals surface area (Å²) in [6.45, 7) is 4.01. The summed E-state index contributed by atoms with van der Waals surface area (Å²) in [5.41, 5.74) is 0.892. The van der Waals surface area contributed by atoms with Crippen LogP contribution in [0.15, 0.2) is 34.4 Å². The van der Waals surface area contributed by atoms with Crippen LogP contribution in [0.3, 0.4) is 0 Å². The Kier molecular flexibility index (Phi) is 4.54. The Bertz CT molecular complexity index is 617. The maximum Gasteiger partial charge on any atom is 0.137 e. The Morgan fingerprint density at radius 2 is 1.95 bits per heavy atom. The van der Waals surface area contributed by atoms with Crippen LogP contribution in [0.2, 0.25) is 0 Å². The number of nitrogens with one attached hydrogen (secondary N) is 1. The second-order valence-electron chi connectivity index (χ2n) is 4.52. The molecule has 2 rings (SSSR count). The van der Waals surface area contributed by atoms with Crippen molar-refractivity contribution in [1.82, 2.24) is 9.97 Å². The highest BCUT2D eigenvalue weighted by molar-refractivity contribution is 7.99. The minimum Gasteiger partial charge on any atom is -0.373 e. The number of rotatable bonds is 4. The topological polar surface area (TPSA) is 37.8 Å². The third-order valence-electron chi connectivity index (χ3n) is 2.76. The highest BCUT2D eigenvalue weighted by Gasteiger charge is 2.16. The molecule has 1 aromatic heterocycles. The smallest absolute Gasteiger partial charge is 0.137 e. The summed E-state index contributed by atoms with van der Waals surface area (Å²) in [4.78, 5) is 8.57. The third-order valence-corrected chi connectivity index (χ3v) is 3.81. The van der Waals surface area contributed by atoms with Crippen molar-refractivity contribution in [1.29, 1.82) is 0 Å². The second kappa shape index (κ2) is 6.17. The van der Waals surface area contributed by atoms with Gasteiger partial charge in [0, 0.05) is 12.6 Å². The van der Waals surface area contributed by atoms with E-state index in [-0.39, 0.29) is 10.8 Å². The summed E-state index contributed by atoms with van der Waals surface area (Å²) in [5, 5.41) is 3.63. The van der Waals surface area contributed by atoms with Gasteiger partial charge in [-0.15, -0.1) is 0 Å².